The SMILES string of the molecule is CC(C)([NH])O. The fraction of sp³-hybridized carbons (Fsp3) is 1.00. The van der Waals surface area contributed by atoms with Crippen molar-refractivity contribution < 1.29 is 5.11 Å². The van der Waals surface area contributed by atoms with E-state index in [1.54, 1.807) is 0 Å². The van der Waals surface area contributed by atoms with Crippen molar-refractivity contribution in [2.75, 3.05) is 0 Å². The lowest BCUT2D eigenvalue weighted by atomic mass is 10.4. The molecular weight excluding hydrogens is 66.0 g/mol. The summed E-state index contributed by atoms with van der Waals surface area (Å²) in [4.78, 5) is 0. The summed E-state index contributed by atoms with van der Waals surface area (Å²) in [6, 6.07) is 0. The summed E-state index contributed by atoms with van der Waals surface area (Å²) in [5.41, 5.74) is 5.24. The van der Waals surface area contributed by atoms with E-state index in [-0.39, 0.29) is 0 Å². The van der Waals surface area contributed by atoms with E-state index in [1.807, 2.05) is 0 Å². The minimum atomic E-state index is -1.25. The molecule has 2 heteroatoms. The summed E-state index contributed by atoms with van der Waals surface area (Å²) in [6.45, 7) is 2.82. The van der Waals surface area contributed by atoms with Gasteiger partial charge in [-0.15, -0.1) is 0 Å². The standard InChI is InChI=1S/C3H8NO/c1-3(2,4)5/h4-5H,1-2H3. The van der Waals surface area contributed by atoms with Crippen LogP contribution in [-0.2, 0) is 0 Å². The molecule has 1 radical (unpaired) electrons. The zero-order valence-electron chi connectivity index (χ0n) is 3.45. The monoisotopic (exact) mass is 74.1 g/mol. The Hall–Kier alpha value is -0.0800. The third kappa shape index (κ3) is 2260. The highest BCUT2D eigenvalue weighted by atomic mass is 16.3. The second-order valence-electron chi connectivity index (χ2n) is 1.56. The molecule has 0 aliphatic rings. The fourth-order valence-corrected chi connectivity index (χ4v) is 0. The van der Waals surface area contributed by atoms with E-state index >= 15 is 0 Å². The van der Waals surface area contributed by atoms with E-state index in [0.717, 1.165) is 0 Å². The van der Waals surface area contributed by atoms with Gasteiger partial charge in [0.1, 0.15) is 5.72 Å². The van der Waals surface area contributed by atoms with E-state index in [2.05, 4.69) is 0 Å². The number of hydrogen-bond acceptors (Lipinski definition) is 1. The largest absolute Gasteiger partial charge is 0.375 e. The van der Waals surface area contributed by atoms with E-state index in [9.17, 15) is 0 Å². The Kier molecular flexibility index (Phi) is 0.938. The van der Waals surface area contributed by atoms with Gasteiger partial charge in [0.25, 0.3) is 0 Å². The van der Waals surface area contributed by atoms with E-state index < -0.39 is 5.72 Å². The summed E-state index contributed by atoms with van der Waals surface area (Å²) in [5.74, 6) is 0. The Morgan fingerprint density at radius 1 is 1.60 bits per heavy atom. The second-order valence-corrected chi connectivity index (χ2v) is 1.56. The van der Waals surface area contributed by atoms with Crippen molar-refractivity contribution in [3.05, 3.63) is 0 Å². The van der Waals surface area contributed by atoms with Gasteiger partial charge < -0.3 is 5.11 Å². The van der Waals surface area contributed by atoms with Gasteiger partial charge in [-0.2, -0.15) is 0 Å². The number of hydrogen-bond donors (Lipinski definition) is 1. The van der Waals surface area contributed by atoms with Crippen LogP contribution in [0.4, 0.5) is 0 Å². The minimum absolute atomic E-state index is 1.25. The van der Waals surface area contributed by atoms with Crippen LogP contribution in [0.15, 0.2) is 0 Å². The van der Waals surface area contributed by atoms with E-state index in [0.29, 0.717) is 0 Å². The van der Waals surface area contributed by atoms with Gasteiger partial charge in [0, 0.05) is 0 Å². The molecule has 0 saturated carbocycles. The van der Waals surface area contributed by atoms with Crippen molar-refractivity contribution in [2.24, 2.45) is 0 Å². The first-order chi connectivity index (χ1) is 2.00. The van der Waals surface area contributed by atoms with Gasteiger partial charge >= 0.3 is 0 Å². The molecule has 0 aliphatic carbocycles. The van der Waals surface area contributed by atoms with Crippen molar-refractivity contribution in [3.63, 3.8) is 0 Å². The molecule has 0 unspecified atom stereocenters. The maximum Gasteiger partial charge on any atom is 0.122 e. The Morgan fingerprint density at radius 2 is 1.60 bits per heavy atom. The molecule has 0 saturated heterocycles. The maximum atomic E-state index is 8.19. The first-order valence-electron chi connectivity index (χ1n) is 1.47. The van der Waals surface area contributed by atoms with Crippen molar-refractivity contribution in [2.45, 2.75) is 19.6 Å². The van der Waals surface area contributed by atoms with Gasteiger partial charge in [0.2, 0.25) is 0 Å². The molecule has 5 heavy (non-hydrogen) atoms. The molecule has 2 N–H and O–H groups in total. The molecule has 0 aromatic heterocycles. The molecule has 2 nitrogen and oxygen atoms in total. The van der Waals surface area contributed by atoms with Gasteiger partial charge in [-0.3, -0.25) is 0 Å². The Balaban J connectivity index is 3.02. The molecule has 0 amide bonds. The quantitative estimate of drug-likeness (QED) is 0.431. The summed E-state index contributed by atoms with van der Waals surface area (Å²) in [5, 5.41) is 8.19. The van der Waals surface area contributed by atoms with Crippen LogP contribution in [0, 0.1) is 0 Å². The molecule has 0 atom stereocenters. The molecule has 0 fully saturated rings. The molecule has 0 rings (SSSR count). The van der Waals surface area contributed by atoms with Crippen molar-refractivity contribution in [1.29, 1.82) is 0 Å². The molecule has 0 aromatic rings. The normalized spacial score (nSPS) is 12.0. The predicted octanol–water partition coefficient (Wildman–Crippen LogP) is -0.00230. The highest BCUT2D eigenvalue weighted by Gasteiger charge is 1.99. The molecule has 0 heterocycles. The first kappa shape index (κ1) is 4.92. The topological polar surface area (TPSA) is 44.0 Å². The zero-order valence-corrected chi connectivity index (χ0v) is 3.45. The molecular formula is C3H8NO. The molecule has 0 aromatic carbocycles. The van der Waals surface area contributed by atoms with E-state index in [1.165, 1.54) is 13.8 Å². The van der Waals surface area contributed by atoms with Crippen molar-refractivity contribution in [1.82, 2.24) is 5.73 Å². The molecule has 31 valence electrons. The summed E-state index contributed by atoms with van der Waals surface area (Å²) >= 11 is 0. The average Bonchev–Trinajstić information content (AvgIpc) is 0.722. The number of aliphatic hydroxyl groups is 1. The molecule has 0 aliphatic heterocycles. The van der Waals surface area contributed by atoms with Crippen LogP contribution in [-0.4, -0.2) is 10.8 Å². The van der Waals surface area contributed by atoms with Crippen LogP contribution >= 0.6 is 0 Å². The lowest BCUT2D eigenvalue weighted by Crippen LogP contribution is -2.18. The van der Waals surface area contributed by atoms with Crippen LogP contribution in [0.25, 0.3) is 0 Å². The van der Waals surface area contributed by atoms with Crippen molar-refractivity contribution in [3.8, 4) is 0 Å². The number of nitrogens with one attached hydrogen (secondary N) is 1. The van der Waals surface area contributed by atoms with Crippen molar-refractivity contribution >= 4 is 0 Å². The Morgan fingerprint density at radius 3 is 1.60 bits per heavy atom. The highest BCUT2D eigenvalue weighted by molar-refractivity contribution is 4.46. The van der Waals surface area contributed by atoms with Gasteiger partial charge in [0.15, 0.2) is 0 Å². The van der Waals surface area contributed by atoms with Gasteiger partial charge in [0.05, 0.1) is 0 Å². The van der Waals surface area contributed by atoms with Crippen LogP contribution < -0.4 is 5.73 Å². The van der Waals surface area contributed by atoms with Crippen LogP contribution in [0.2, 0.25) is 0 Å². The van der Waals surface area contributed by atoms with Crippen LogP contribution in [0.3, 0.4) is 0 Å². The zero-order chi connectivity index (χ0) is 4.50. The van der Waals surface area contributed by atoms with Crippen LogP contribution in [0.1, 0.15) is 13.8 Å². The fourth-order valence-electron chi connectivity index (χ4n) is 0. The highest BCUT2D eigenvalue weighted by Crippen LogP contribution is 1.86. The lowest BCUT2D eigenvalue weighted by molar-refractivity contribution is 0.0797. The third-order valence-corrected chi connectivity index (χ3v) is 0. The van der Waals surface area contributed by atoms with Gasteiger partial charge in [-0.05, 0) is 13.8 Å². The third-order valence-electron chi connectivity index (χ3n) is 0. The predicted molar refractivity (Wildman–Crippen MR) is 19.4 cm³/mol. The Labute approximate surface area is 31.6 Å². The summed E-state index contributed by atoms with van der Waals surface area (Å²) in [7, 11) is 0. The lowest BCUT2D eigenvalue weighted by Gasteiger charge is -2.03. The first-order valence-corrected chi connectivity index (χ1v) is 1.47. The second kappa shape index (κ2) is 0.954. The number of rotatable bonds is 0. The van der Waals surface area contributed by atoms with Gasteiger partial charge in [-0.25, -0.2) is 5.73 Å². The smallest absolute Gasteiger partial charge is 0.122 e. The van der Waals surface area contributed by atoms with Gasteiger partial charge in [-0.1, -0.05) is 0 Å². The molecule has 0 bridgehead atoms. The van der Waals surface area contributed by atoms with E-state index in [4.69, 9.17) is 10.8 Å². The average molecular weight is 74.1 g/mol. The summed E-state index contributed by atoms with van der Waals surface area (Å²) in [6.07, 6.45) is 0. The minimum Gasteiger partial charge on any atom is -0.375 e. The molecule has 0 spiro atoms. The summed E-state index contributed by atoms with van der Waals surface area (Å²) < 4.78 is 0. The van der Waals surface area contributed by atoms with Crippen LogP contribution in [0.5, 0.6) is 0 Å². The maximum absolute atomic E-state index is 8.19. The Bertz CT molecular complexity index is 22.4.